The van der Waals surface area contributed by atoms with E-state index in [0.717, 1.165) is 6.42 Å². The minimum atomic E-state index is -0.557. The zero-order chi connectivity index (χ0) is 14.4. The molecule has 0 unspecified atom stereocenters. The lowest BCUT2D eigenvalue weighted by molar-refractivity contribution is -0.118. The molecule has 3 N–H and O–H groups in total. The van der Waals surface area contributed by atoms with E-state index in [1.54, 1.807) is 18.2 Å². The van der Waals surface area contributed by atoms with Crippen molar-refractivity contribution in [1.82, 2.24) is 0 Å². The van der Waals surface area contributed by atoms with Gasteiger partial charge in [-0.1, -0.05) is 32.4 Å². The van der Waals surface area contributed by atoms with Crippen LogP contribution in [0.25, 0.3) is 0 Å². The van der Waals surface area contributed by atoms with Crippen molar-refractivity contribution in [3.8, 4) is 5.75 Å². The van der Waals surface area contributed by atoms with Gasteiger partial charge in [0.15, 0.2) is 0 Å². The summed E-state index contributed by atoms with van der Waals surface area (Å²) in [6.45, 7) is 6.40. The van der Waals surface area contributed by atoms with Gasteiger partial charge in [-0.2, -0.15) is 0 Å². The Morgan fingerprint density at radius 3 is 2.74 bits per heavy atom. The molecule has 1 aromatic rings. The number of nitrogens with one attached hydrogen (secondary N) is 1. The van der Waals surface area contributed by atoms with Crippen molar-refractivity contribution in [3.63, 3.8) is 0 Å². The number of carbonyl (C=O) groups excluding carboxylic acids is 1. The molecule has 1 atom stereocenters. The molecular weight excluding hydrogens is 264 g/mol. The molecule has 0 aliphatic heterocycles. The van der Waals surface area contributed by atoms with E-state index in [2.05, 4.69) is 5.32 Å². The van der Waals surface area contributed by atoms with Crippen LogP contribution in [0.4, 0.5) is 5.69 Å². The van der Waals surface area contributed by atoms with E-state index in [1.165, 1.54) is 0 Å². The van der Waals surface area contributed by atoms with Crippen LogP contribution in [-0.2, 0) is 4.79 Å². The van der Waals surface area contributed by atoms with Crippen LogP contribution < -0.4 is 15.8 Å². The van der Waals surface area contributed by atoms with E-state index in [-0.39, 0.29) is 11.8 Å². The lowest BCUT2D eigenvalue weighted by Crippen LogP contribution is -2.39. The van der Waals surface area contributed by atoms with Gasteiger partial charge in [-0.05, 0) is 30.5 Å². The van der Waals surface area contributed by atoms with Gasteiger partial charge >= 0.3 is 0 Å². The lowest BCUT2D eigenvalue weighted by Gasteiger charge is -2.17. The van der Waals surface area contributed by atoms with Gasteiger partial charge in [0.25, 0.3) is 0 Å². The molecule has 0 saturated carbocycles. The summed E-state index contributed by atoms with van der Waals surface area (Å²) >= 11 is 5.94. The molecule has 0 aliphatic carbocycles. The fourth-order valence-electron chi connectivity index (χ4n) is 1.46. The van der Waals surface area contributed by atoms with Crippen LogP contribution in [-0.4, -0.2) is 18.6 Å². The van der Waals surface area contributed by atoms with Gasteiger partial charge in [0.1, 0.15) is 5.75 Å². The van der Waals surface area contributed by atoms with Gasteiger partial charge < -0.3 is 15.8 Å². The average molecular weight is 285 g/mol. The SMILES string of the molecule is CCCOc1ccc(Cl)cc1NC(=O)[C@@H](N)C(C)C. The fourth-order valence-corrected chi connectivity index (χ4v) is 1.63. The third-order valence-corrected chi connectivity index (χ3v) is 2.92. The summed E-state index contributed by atoms with van der Waals surface area (Å²) in [4.78, 5) is 12.0. The summed E-state index contributed by atoms with van der Waals surface area (Å²) in [5.41, 5.74) is 6.37. The van der Waals surface area contributed by atoms with E-state index >= 15 is 0 Å². The molecule has 1 amide bonds. The van der Waals surface area contributed by atoms with Crippen molar-refractivity contribution in [1.29, 1.82) is 0 Å². The number of hydrogen-bond acceptors (Lipinski definition) is 3. The lowest BCUT2D eigenvalue weighted by atomic mass is 10.0. The molecule has 4 nitrogen and oxygen atoms in total. The standard InChI is InChI=1S/C14H21ClN2O2/c1-4-7-19-12-6-5-10(15)8-11(12)17-14(18)13(16)9(2)3/h5-6,8-9,13H,4,7,16H2,1-3H3,(H,17,18)/t13-/m0/s1. The van der Waals surface area contributed by atoms with Gasteiger partial charge in [0, 0.05) is 5.02 Å². The smallest absolute Gasteiger partial charge is 0.241 e. The number of halogens is 1. The molecular formula is C14H21ClN2O2. The maximum atomic E-state index is 12.0. The average Bonchev–Trinajstić information content (AvgIpc) is 2.36. The van der Waals surface area contributed by atoms with Crippen molar-refractivity contribution in [2.24, 2.45) is 11.7 Å². The van der Waals surface area contributed by atoms with Gasteiger partial charge in [0.05, 0.1) is 18.3 Å². The Morgan fingerprint density at radius 1 is 1.47 bits per heavy atom. The summed E-state index contributed by atoms with van der Waals surface area (Å²) in [7, 11) is 0. The third-order valence-electron chi connectivity index (χ3n) is 2.68. The van der Waals surface area contributed by atoms with Crippen LogP contribution in [0.5, 0.6) is 5.75 Å². The number of hydrogen-bond donors (Lipinski definition) is 2. The van der Waals surface area contributed by atoms with Crippen LogP contribution in [0.15, 0.2) is 18.2 Å². The Labute approximate surface area is 119 Å². The highest BCUT2D eigenvalue weighted by Gasteiger charge is 2.18. The van der Waals surface area contributed by atoms with E-state index in [1.807, 2.05) is 20.8 Å². The highest BCUT2D eigenvalue weighted by molar-refractivity contribution is 6.31. The maximum Gasteiger partial charge on any atom is 0.241 e. The molecule has 0 spiro atoms. The minimum Gasteiger partial charge on any atom is -0.491 e. The van der Waals surface area contributed by atoms with Crippen LogP contribution in [0.2, 0.25) is 5.02 Å². The molecule has 0 aliphatic rings. The predicted molar refractivity (Wildman–Crippen MR) is 78.7 cm³/mol. The largest absolute Gasteiger partial charge is 0.491 e. The first-order chi connectivity index (χ1) is 8.95. The number of anilines is 1. The van der Waals surface area contributed by atoms with Crippen molar-refractivity contribution >= 4 is 23.2 Å². The van der Waals surface area contributed by atoms with Gasteiger partial charge in [-0.15, -0.1) is 0 Å². The van der Waals surface area contributed by atoms with Crippen molar-refractivity contribution in [2.45, 2.75) is 33.2 Å². The first kappa shape index (κ1) is 15.8. The second-order valence-electron chi connectivity index (χ2n) is 4.75. The second kappa shape index (κ2) is 7.36. The molecule has 0 aromatic heterocycles. The minimum absolute atomic E-state index is 0.0687. The molecule has 0 bridgehead atoms. The molecule has 0 fully saturated rings. The topological polar surface area (TPSA) is 64.3 Å². The Hall–Kier alpha value is -1.26. The van der Waals surface area contributed by atoms with Gasteiger partial charge in [-0.3, -0.25) is 4.79 Å². The van der Waals surface area contributed by atoms with E-state index < -0.39 is 6.04 Å². The Balaban J connectivity index is 2.86. The van der Waals surface area contributed by atoms with Crippen LogP contribution >= 0.6 is 11.6 Å². The molecule has 0 saturated heterocycles. The molecule has 1 rings (SSSR count). The number of ether oxygens (including phenoxy) is 1. The Kier molecular flexibility index (Phi) is 6.12. The number of amides is 1. The zero-order valence-corrected chi connectivity index (χ0v) is 12.3. The quantitative estimate of drug-likeness (QED) is 0.844. The van der Waals surface area contributed by atoms with Crippen molar-refractivity contribution in [3.05, 3.63) is 23.2 Å². The summed E-state index contributed by atoms with van der Waals surface area (Å²) < 4.78 is 5.57. The third kappa shape index (κ3) is 4.73. The zero-order valence-electron chi connectivity index (χ0n) is 11.6. The van der Waals surface area contributed by atoms with Crippen molar-refractivity contribution < 1.29 is 9.53 Å². The fraction of sp³-hybridized carbons (Fsp3) is 0.500. The maximum absolute atomic E-state index is 12.0. The Morgan fingerprint density at radius 2 is 2.16 bits per heavy atom. The summed E-state index contributed by atoms with van der Waals surface area (Å²) in [6, 6.07) is 4.58. The van der Waals surface area contributed by atoms with Crippen LogP contribution in [0, 0.1) is 5.92 Å². The van der Waals surface area contributed by atoms with Crippen LogP contribution in [0.1, 0.15) is 27.2 Å². The molecule has 19 heavy (non-hydrogen) atoms. The normalized spacial score (nSPS) is 12.3. The monoisotopic (exact) mass is 284 g/mol. The molecule has 0 heterocycles. The van der Waals surface area contributed by atoms with E-state index in [0.29, 0.717) is 23.1 Å². The number of carbonyl (C=O) groups is 1. The Bertz CT molecular complexity index is 435. The molecule has 1 aromatic carbocycles. The predicted octanol–water partition coefficient (Wildman–Crippen LogP) is 3.05. The molecule has 0 radical (unpaired) electrons. The van der Waals surface area contributed by atoms with Gasteiger partial charge in [0.2, 0.25) is 5.91 Å². The first-order valence-corrected chi connectivity index (χ1v) is 6.82. The number of rotatable bonds is 6. The first-order valence-electron chi connectivity index (χ1n) is 6.44. The summed E-state index contributed by atoms with van der Waals surface area (Å²) in [5.74, 6) is 0.438. The van der Waals surface area contributed by atoms with E-state index in [4.69, 9.17) is 22.1 Å². The summed E-state index contributed by atoms with van der Waals surface area (Å²) in [5, 5.41) is 3.31. The van der Waals surface area contributed by atoms with Crippen molar-refractivity contribution in [2.75, 3.05) is 11.9 Å². The number of benzene rings is 1. The van der Waals surface area contributed by atoms with E-state index in [9.17, 15) is 4.79 Å². The second-order valence-corrected chi connectivity index (χ2v) is 5.18. The summed E-state index contributed by atoms with van der Waals surface area (Å²) in [6.07, 6.45) is 0.890. The number of nitrogens with two attached hydrogens (primary N) is 1. The highest BCUT2D eigenvalue weighted by Crippen LogP contribution is 2.28. The molecule has 5 heteroatoms. The van der Waals surface area contributed by atoms with Crippen LogP contribution in [0.3, 0.4) is 0 Å². The highest BCUT2D eigenvalue weighted by atomic mass is 35.5. The molecule has 106 valence electrons. The van der Waals surface area contributed by atoms with Gasteiger partial charge in [-0.25, -0.2) is 0 Å².